The van der Waals surface area contributed by atoms with Crippen molar-refractivity contribution in [3.63, 3.8) is 0 Å². The summed E-state index contributed by atoms with van der Waals surface area (Å²) in [6.45, 7) is 4.61. The molecular formula is C18H16BrNO. The van der Waals surface area contributed by atoms with Gasteiger partial charge in [0.2, 0.25) is 0 Å². The lowest BCUT2D eigenvalue weighted by molar-refractivity contribution is 0.131. The molecule has 21 heavy (non-hydrogen) atoms. The zero-order valence-electron chi connectivity index (χ0n) is 12.1. The van der Waals surface area contributed by atoms with E-state index in [2.05, 4.69) is 58.9 Å². The lowest BCUT2D eigenvalue weighted by Crippen LogP contribution is -1.94. The summed E-state index contributed by atoms with van der Waals surface area (Å²) in [5.74, 6) is 5.85. The first-order valence-corrected chi connectivity index (χ1v) is 7.42. The minimum Gasteiger partial charge on any atom is -0.390 e. The summed E-state index contributed by atoms with van der Waals surface area (Å²) < 4.78 is 1.01. The molecule has 106 valence electrons. The van der Waals surface area contributed by atoms with Gasteiger partial charge >= 0.3 is 0 Å². The molecule has 2 rings (SSSR count). The Morgan fingerprint density at radius 2 is 1.86 bits per heavy atom. The molecule has 2 nitrogen and oxygen atoms in total. The lowest BCUT2D eigenvalue weighted by atomic mass is 10.0. The van der Waals surface area contributed by atoms with Crippen molar-refractivity contribution in [2.45, 2.75) is 20.5 Å². The Morgan fingerprint density at radius 3 is 2.57 bits per heavy atom. The third-order valence-electron chi connectivity index (χ3n) is 3.09. The van der Waals surface area contributed by atoms with Crippen LogP contribution >= 0.6 is 15.9 Å². The van der Waals surface area contributed by atoms with Gasteiger partial charge in [-0.25, -0.2) is 0 Å². The van der Waals surface area contributed by atoms with Gasteiger partial charge in [0, 0.05) is 10.0 Å². The molecular weight excluding hydrogens is 326 g/mol. The maximum absolute atomic E-state index is 5.30. The highest BCUT2D eigenvalue weighted by atomic mass is 79.9. The first-order chi connectivity index (χ1) is 10.2. The van der Waals surface area contributed by atoms with Crippen molar-refractivity contribution in [3.8, 4) is 11.8 Å². The maximum atomic E-state index is 5.30. The van der Waals surface area contributed by atoms with E-state index >= 15 is 0 Å². The Bertz CT molecular complexity index is 690. The van der Waals surface area contributed by atoms with Gasteiger partial charge in [0.15, 0.2) is 0 Å². The fourth-order valence-electron chi connectivity index (χ4n) is 1.92. The van der Waals surface area contributed by atoms with Crippen molar-refractivity contribution < 1.29 is 4.84 Å². The van der Waals surface area contributed by atoms with Crippen LogP contribution in [0.15, 0.2) is 52.1 Å². The molecule has 0 aliphatic carbocycles. The van der Waals surface area contributed by atoms with Crippen molar-refractivity contribution in [3.05, 3.63) is 69.2 Å². The normalized spacial score (nSPS) is 10.2. The van der Waals surface area contributed by atoms with Crippen LogP contribution in [0.1, 0.15) is 22.3 Å². The predicted octanol–water partition coefficient (Wildman–Crippen LogP) is 4.62. The van der Waals surface area contributed by atoms with E-state index in [4.69, 9.17) is 4.84 Å². The molecule has 0 amide bonds. The highest BCUT2D eigenvalue weighted by Gasteiger charge is 2.01. The molecule has 0 N–H and O–H groups in total. The average molecular weight is 342 g/mol. The van der Waals surface area contributed by atoms with Crippen LogP contribution < -0.4 is 0 Å². The number of oxime groups is 1. The average Bonchev–Trinajstić information content (AvgIpc) is 2.45. The zero-order valence-corrected chi connectivity index (χ0v) is 13.6. The fraction of sp³-hybridized carbons (Fsp3) is 0.167. The Balaban J connectivity index is 1.90. The second-order valence-corrected chi connectivity index (χ2v) is 5.57. The summed E-state index contributed by atoms with van der Waals surface area (Å²) in [5.41, 5.74) is 4.54. The molecule has 0 aromatic heterocycles. The van der Waals surface area contributed by atoms with Crippen molar-refractivity contribution >= 4 is 22.1 Å². The number of nitrogens with zero attached hydrogens (tertiary/aromatic N) is 1. The Kier molecular flexibility index (Phi) is 5.59. The van der Waals surface area contributed by atoms with Crippen LogP contribution in [0.4, 0.5) is 0 Å². The second-order valence-electron chi connectivity index (χ2n) is 4.66. The number of rotatable bonds is 3. The Hall–Kier alpha value is -2.05. The van der Waals surface area contributed by atoms with E-state index in [0.717, 1.165) is 10.0 Å². The molecule has 0 fully saturated rings. The number of benzene rings is 2. The van der Waals surface area contributed by atoms with Crippen molar-refractivity contribution in [2.24, 2.45) is 5.16 Å². The molecule has 0 aliphatic heterocycles. The van der Waals surface area contributed by atoms with Crippen LogP contribution in [0.25, 0.3) is 0 Å². The third kappa shape index (κ3) is 4.77. The Labute approximate surface area is 134 Å². The second kappa shape index (κ2) is 7.66. The highest BCUT2D eigenvalue weighted by molar-refractivity contribution is 9.10. The molecule has 3 heteroatoms. The number of aryl methyl sites for hydroxylation is 2. The summed E-state index contributed by atoms with van der Waals surface area (Å²) in [6, 6.07) is 14.0. The van der Waals surface area contributed by atoms with Crippen LogP contribution in [0, 0.1) is 25.7 Å². The summed E-state index contributed by atoms with van der Waals surface area (Å²) in [7, 11) is 0. The van der Waals surface area contributed by atoms with E-state index in [0.29, 0.717) is 6.61 Å². The molecule has 0 radical (unpaired) electrons. The summed E-state index contributed by atoms with van der Waals surface area (Å²) in [5, 5.41) is 3.88. The molecule has 0 aliphatic rings. The smallest absolute Gasteiger partial charge is 0.142 e. The minimum atomic E-state index is 0.466. The molecule has 0 atom stereocenters. The molecule has 0 bridgehead atoms. The van der Waals surface area contributed by atoms with Crippen LogP contribution in [-0.2, 0) is 11.4 Å². The van der Waals surface area contributed by atoms with Crippen molar-refractivity contribution in [1.29, 1.82) is 0 Å². The highest BCUT2D eigenvalue weighted by Crippen LogP contribution is 2.14. The van der Waals surface area contributed by atoms with E-state index in [9.17, 15) is 0 Å². The summed E-state index contributed by atoms with van der Waals surface area (Å²) in [4.78, 5) is 5.30. The van der Waals surface area contributed by atoms with Crippen LogP contribution in [0.5, 0.6) is 0 Å². The van der Waals surface area contributed by atoms with Crippen molar-refractivity contribution in [1.82, 2.24) is 0 Å². The summed E-state index contributed by atoms with van der Waals surface area (Å²) >= 11 is 3.41. The molecule has 0 saturated carbocycles. The van der Waals surface area contributed by atoms with Crippen LogP contribution in [0.3, 0.4) is 0 Å². The monoisotopic (exact) mass is 341 g/mol. The summed E-state index contributed by atoms with van der Waals surface area (Å²) in [6.07, 6.45) is 1.48. The minimum absolute atomic E-state index is 0.466. The maximum Gasteiger partial charge on any atom is 0.142 e. The molecule has 2 aromatic carbocycles. The quantitative estimate of drug-likeness (QED) is 0.453. The lowest BCUT2D eigenvalue weighted by Gasteiger charge is -2.07. The number of halogens is 1. The molecule has 0 spiro atoms. The predicted molar refractivity (Wildman–Crippen MR) is 90.2 cm³/mol. The molecule has 2 aromatic rings. The number of hydrogen-bond acceptors (Lipinski definition) is 2. The van der Waals surface area contributed by atoms with Crippen molar-refractivity contribution in [2.75, 3.05) is 0 Å². The van der Waals surface area contributed by atoms with Gasteiger partial charge in [-0.3, -0.25) is 0 Å². The van der Waals surface area contributed by atoms with E-state index in [1.165, 1.54) is 22.9 Å². The SMILES string of the molecule is Cc1cccc(C)c1CO/N=C/C#Cc1cccc(Br)c1. The number of hydrogen-bond donors (Lipinski definition) is 0. The van der Waals surface area contributed by atoms with Gasteiger partial charge in [0.05, 0.1) is 0 Å². The molecule has 0 heterocycles. The third-order valence-corrected chi connectivity index (χ3v) is 3.58. The van der Waals surface area contributed by atoms with E-state index in [1.807, 2.05) is 30.3 Å². The van der Waals surface area contributed by atoms with Gasteiger partial charge in [0.1, 0.15) is 12.8 Å². The largest absolute Gasteiger partial charge is 0.390 e. The Morgan fingerprint density at radius 1 is 1.14 bits per heavy atom. The van der Waals surface area contributed by atoms with Gasteiger partial charge in [-0.15, -0.1) is 0 Å². The molecule has 0 unspecified atom stereocenters. The first-order valence-electron chi connectivity index (χ1n) is 6.63. The van der Waals surface area contributed by atoms with Crippen LogP contribution in [0.2, 0.25) is 0 Å². The fourth-order valence-corrected chi connectivity index (χ4v) is 2.32. The van der Waals surface area contributed by atoms with Gasteiger partial charge in [0.25, 0.3) is 0 Å². The topological polar surface area (TPSA) is 21.6 Å². The van der Waals surface area contributed by atoms with E-state index in [-0.39, 0.29) is 0 Å². The van der Waals surface area contributed by atoms with E-state index in [1.54, 1.807) is 0 Å². The van der Waals surface area contributed by atoms with Gasteiger partial charge in [-0.05, 0) is 54.7 Å². The zero-order chi connectivity index (χ0) is 15.1. The van der Waals surface area contributed by atoms with Gasteiger partial charge in [-0.2, -0.15) is 0 Å². The van der Waals surface area contributed by atoms with Gasteiger partial charge in [-0.1, -0.05) is 51.3 Å². The van der Waals surface area contributed by atoms with Gasteiger partial charge < -0.3 is 4.84 Å². The standard InChI is InChI=1S/C18H16BrNO/c1-14-6-3-7-15(2)18(14)13-21-20-11-5-9-16-8-4-10-17(19)12-16/h3-4,6-8,10-12H,13H2,1-2H3/b20-11+. The molecule has 0 saturated heterocycles. The van der Waals surface area contributed by atoms with Crippen LogP contribution in [-0.4, -0.2) is 6.21 Å². The van der Waals surface area contributed by atoms with E-state index < -0.39 is 0 Å². The first kappa shape index (κ1) is 15.3.